The van der Waals surface area contributed by atoms with Crippen LogP contribution in [0.1, 0.15) is 12.6 Å². The maximum Gasteiger partial charge on any atom is 0.198 e. The zero-order valence-electron chi connectivity index (χ0n) is 6.87. The molecular weight excluding hydrogens is 220 g/mol. The summed E-state index contributed by atoms with van der Waals surface area (Å²) in [6.45, 7) is 3.66. The molecule has 0 saturated carbocycles. The van der Waals surface area contributed by atoms with Crippen LogP contribution in [0.5, 0.6) is 0 Å². The van der Waals surface area contributed by atoms with Crippen molar-refractivity contribution in [3.05, 3.63) is 10.4 Å². The lowest BCUT2D eigenvalue weighted by Crippen LogP contribution is -1.96. The number of aromatic nitrogens is 2. The summed E-state index contributed by atoms with van der Waals surface area (Å²) in [6.07, 6.45) is 1.66. The Morgan fingerprint density at radius 2 is 2.17 bits per heavy atom. The van der Waals surface area contributed by atoms with Crippen LogP contribution in [0, 0.1) is 6.92 Å². The summed E-state index contributed by atoms with van der Waals surface area (Å²) in [5, 5.41) is 0. The lowest BCUT2D eigenvalue weighted by molar-refractivity contribution is 1.06. The second-order valence-electron chi connectivity index (χ2n) is 2.20. The molecule has 0 spiro atoms. The fourth-order valence-corrected chi connectivity index (χ4v) is 1.30. The van der Waals surface area contributed by atoms with Crippen LogP contribution in [0.3, 0.4) is 0 Å². The van der Waals surface area contributed by atoms with E-state index in [0.29, 0.717) is 16.2 Å². The quantitative estimate of drug-likeness (QED) is 0.590. The molecule has 0 fully saturated rings. The number of rotatable bonds is 1. The number of anilines is 1. The molecule has 0 unspecified atom stereocenters. The normalized spacial score (nSPS) is 10.9. The van der Waals surface area contributed by atoms with E-state index in [1.54, 1.807) is 6.21 Å². The van der Waals surface area contributed by atoms with Crippen molar-refractivity contribution >= 4 is 33.6 Å². The highest BCUT2D eigenvalue weighted by atomic mass is 79.9. The Balaban J connectivity index is 3.28. The van der Waals surface area contributed by atoms with Gasteiger partial charge in [0.2, 0.25) is 0 Å². The predicted molar refractivity (Wildman–Crippen MR) is 52.7 cm³/mol. The maximum absolute atomic E-state index is 5.61. The molecule has 64 valence electrons. The van der Waals surface area contributed by atoms with Crippen molar-refractivity contribution in [2.24, 2.45) is 4.99 Å². The first-order valence-electron chi connectivity index (χ1n) is 3.43. The summed E-state index contributed by atoms with van der Waals surface area (Å²) in [7, 11) is 0. The average Bonchev–Trinajstić information content (AvgIpc) is 1.96. The van der Waals surface area contributed by atoms with E-state index >= 15 is 0 Å². The van der Waals surface area contributed by atoms with Gasteiger partial charge in [0, 0.05) is 6.21 Å². The molecule has 4 nitrogen and oxygen atoms in total. The van der Waals surface area contributed by atoms with Gasteiger partial charge in [-0.1, -0.05) is 0 Å². The third-order valence-corrected chi connectivity index (χ3v) is 1.67. The van der Waals surface area contributed by atoms with Crippen molar-refractivity contribution in [2.75, 3.05) is 5.73 Å². The highest BCUT2D eigenvalue weighted by Crippen LogP contribution is 2.23. The molecular formula is C7H9BrN4. The van der Waals surface area contributed by atoms with Crippen LogP contribution in [0.2, 0.25) is 0 Å². The van der Waals surface area contributed by atoms with Crippen molar-refractivity contribution in [1.82, 2.24) is 9.97 Å². The van der Waals surface area contributed by atoms with Crippen LogP contribution < -0.4 is 5.73 Å². The van der Waals surface area contributed by atoms with E-state index < -0.39 is 0 Å². The second-order valence-corrected chi connectivity index (χ2v) is 2.91. The predicted octanol–water partition coefficient (Wildman–Crippen LogP) is 1.85. The number of halogens is 1. The summed E-state index contributed by atoms with van der Waals surface area (Å²) < 4.78 is 0.493. The van der Waals surface area contributed by atoms with E-state index in [2.05, 4.69) is 30.9 Å². The van der Waals surface area contributed by atoms with E-state index in [4.69, 9.17) is 5.73 Å². The van der Waals surface area contributed by atoms with E-state index in [-0.39, 0.29) is 0 Å². The van der Waals surface area contributed by atoms with E-state index in [9.17, 15) is 0 Å². The SMILES string of the molecule is C/C=N\c1c(C)nc(Br)nc1N. The van der Waals surface area contributed by atoms with Crippen LogP contribution in [-0.2, 0) is 0 Å². The van der Waals surface area contributed by atoms with Gasteiger partial charge in [-0.3, -0.25) is 4.99 Å². The molecule has 12 heavy (non-hydrogen) atoms. The summed E-state index contributed by atoms with van der Waals surface area (Å²) in [5.74, 6) is 0.396. The first-order chi connectivity index (χ1) is 5.65. The molecule has 0 saturated heterocycles. The van der Waals surface area contributed by atoms with Crippen molar-refractivity contribution in [2.45, 2.75) is 13.8 Å². The molecule has 0 aliphatic heterocycles. The van der Waals surface area contributed by atoms with Gasteiger partial charge >= 0.3 is 0 Å². The largest absolute Gasteiger partial charge is 0.382 e. The molecule has 1 heterocycles. The zero-order chi connectivity index (χ0) is 9.14. The molecule has 0 aliphatic carbocycles. The van der Waals surface area contributed by atoms with Gasteiger partial charge in [-0.15, -0.1) is 0 Å². The molecule has 1 aromatic heterocycles. The van der Waals surface area contributed by atoms with E-state index in [1.165, 1.54) is 0 Å². The maximum atomic E-state index is 5.61. The molecule has 0 bridgehead atoms. The van der Waals surface area contributed by atoms with Crippen molar-refractivity contribution in [1.29, 1.82) is 0 Å². The molecule has 0 aromatic carbocycles. The van der Waals surface area contributed by atoms with Crippen molar-refractivity contribution < 1.29 is 0 Å². The second kappa shape index (κ2) is 3.62. The lowest BCUT2D eigenvalue weighted by Gasteiger charge is -2.02. The first kappa shape index (κ1) is 9.12. The number of hydrogen-bond donors (Lipinski definition) is 1. The Kier molecular flexibility index (Phi) is 2.75. The first-order valence-corrected chi connectivity index (χ1v) is 4.22. The number of nitrogen functional groups attached to an aromatic ring is 1. The Morgan fingerprint density at radius 1 is 1.50 bits per heavy atom. The number of nitrogens with zero attached hydrogens (tertiary/aromatic N) is 3. The molecule has 0 aliphatic rings. The number of nitrogens with two attached hydrogens (primary N) is 1. The minimum absolute atomic E-state index is 0.396. The topological polar surface area (TPSA) is 64.2 Å². The molecule has 0 amide bonds. The molecule has 1 rings (SSSR count). The monoisotopic (exact) mass is 228 g/mol. The van der Waals surface area contributed by atoms with E-state index in [0.717, 1.165) is 5.69 Å². The molecule has 0 atom stereocenters. The minimum atomic E-state index is 0.396. The fraction of sp³-hybridized carbons (Fsp3) is 0.286. The van der Waals surface area contributed by atoms with Crippen molar-refractivity contribution in [3.8, 4) is 0 Å². The van der Waals surface area contributed by atoms with Crippen LogP contribution in [0.25, 0.3) is 0 Å². The highest BCUT2D eigenvalue weighted by Gasteiger charge is 2.04. The summed E-state index contributed by atoms with van der Waals surface area (Å²) in [5.41, 5.74) is 7.02. The average molecular weight is 229 g/mol. The Bertz CT molecular complexity index is 298. The third-order valence-electron chi connectivity index (χ3n) is 1.32. The van der Waals surface area contributed by atoms with Crippen LogP contribution >= 0.6 is 15.9 Å². The van der Waals surface area contributed by atoms with Gasteiger partial charge in [-0.25, -0.2) is 9.97 Å². The Morgan fingerprint density at radius 3 is 2.67 bits per heavy atom. The van der Waals surface area contributed by atoms with Crippen LogP contribution in [0.15, 0.2) is 9.73 Å². The number of aryl methyl sites for hydroxylation is 1. The fourth-order valence-electron chi connectivity index (χ4n) is 0.843. The molecule has 2 N–H and O–H groups in total. The van der Waals surface area contributed by atoms with Gasteiger partial charge in [0.1, 0.15) is 5.69 Å². The van der Waals surface area contributed by atoms with Crippen LogP contribution in [0.4, 0.5) is 11.5 Å². The third kappa shape index (κ3) is 1.79. The Labute approximate surface area is 79.1 Å². The summed E-state index contributed by atoms with van der Waals surface area (Å²) >= 11 is 3.14. The number of hydrogen-bond acceptors (Lipinski definition) is 4. The standard InChI is InChI=1S/C7H9BrN4/c1-3-10-5-4(2)11-7(8)12-6(5)9/h3H,1-2H3,(H2,9,11,12)/b10-3-. The van der Waals surface area contributed by atoms with Gasteiger partial charge < -0.3 is 5.73 Å². The van der Waals surface area contributed by atoms with E-state index in [1.807, 2.05) is 13.8 Å². The van der Waals surface area contributed by atoms with Crippen molar-refractivity contribution in [3.63, 3.8) is 0 Å². The van der Waals surface area contributed by atoms with Gasteiger partial charge in [0.15, 0.2) is 10.6 Å². The van der Waals surface area contributed by atoms with Gasteiger partial charge in [0.25, 0.3) is 0 Å². The zero-order valence-corrected chi connectivity index (χ0v) is 8.46. The van der Waals surface area contributed by atoms with Gasteiger partial charge in [-0.2, -0.15) is 0 Å². The van der Waals surface area contributed by atoms with Gasteiger partial charge in [-0.05, 0) is 29.8 Å². The highest BCUT2D eigenvalue weighted by molar-refractivity contribution is 9.10. The smallest absolute Gasteiger partial charge is 0.198 e. The Hall–Kier alpha value is -0.970. The van der Waals surface area contributed by atoms with Crippen LogP contribution in [-0.4, -0.2) is 16.2 Å². The summed E-state index contributed by atoms with van der Waals surface area (Å²) in [4.78, 5) is 12.0. The number of aliphatic imine (C=N–C) groups is 1. The summed E-state index contributed by atoms with van der Waals surface area (Å²) in [6, 6.07) is 0. The minimum Gasteiger partial charge on any atom is -0.382 e. The lowest BCUT2D eigenvalue weighted by atomic mass is 10.3. The molecule has 5 heteroatoms. The molecule has 0 radical (unpaired) electrons. The van der Waals surface area contributed by atoms with Gasteiger partial charge in [0.05, 0.1) is 5.69 Å². The molecule has 1 aromatic rings.